The van der Waals surface area contributed by atoms with Crippen molar-refractivity contribution in [2.24, 2.45) is 10.9 Å². The SMILES string of the molecule is C/C(N)=C(/SN)C(=O)Nc1ccc(-c2cc3oc(C)nc3cc2Cl)cn1.CC. The number of rotatable bonds is 4. The Morgan fingerprint density at radius 3 is 2.57 bits per heavy atom. The van der Waals surface area contributed by atoms with Gasteiger partial charge in [-0.15, -0.1) is 0 Å². The Kier molecular flexibility index (Phi) is 7.45. The van der Waals surface area contributed by atoms with Crippen molar-refractivity contribution in [3.8, 4) is 11.1 Å². The van der Waals surface area contributed by atoms with Crippen molar-refractivity contribution in [2.75, 3.05) is 5.32 Å². The molecule has 5 N–H and O–H groups in total. The minimum absolute atomic E-state index is 0.241. The second kappa shape index (κ2) is 9.59. The maximum Gasteiger partial charge on any atom is 0.266 e. The first kappa shape index (κ1) is 21.7. The first-order valence-electron chi connectivity index (χ1n) is 8.56. The number of carbonyl (C=O) groups is 1. The molecule has 3 aromatic rings. The van der Waals surface area contributed by atoms with Crippen molar-refractivity contribution in [1.29, 1.82) is 0 Å². The molecule has 0 spiro atoms. The molecule has 1 amide bonds. The van der Waals surface area contributed by atoms with Crippen LogP contribution < -0.4 is 16.2 Å². The molecule has 2 heterocycles. The number of nitrogens with one attached hydrogen (secondary N) is 1. The van der Waals surface area contributed by atoms with Gasteiger partial charge in [-0.2, -0.15) is 0 Å². The molecule has 0 saturated carbocycles. The number of pyridine rings is 1. The molecule has 0 aliphatic rings. The topological polar surface area (TPSA) is 120 Å². The van der Waals surface area contributed by atoms with Gasteiger partial charge in [0, 0.05) is 29.9 Å². The standard InChI is InChI=1S/C17H16ClN5O2S.C2H6/c1-8(19)16(26-20)17(24)23-15-4-3-10(7-21-15)11-5-14-13(6-12(11)18)22-9(2)25-14;1-2/h3-7H,19-20H2,1-2H3,(H,21,23,24);1-2H3/b16-8-;. The van der Waals surface area contributed by atoms with Crippen molar-refractivity contribution in [2.45, 2.75) is 27.7 Å². The van der Waals surface area contributed by atoms with Gasteiger partial charge in [0.1, 0.15) is 16.2 Å². The van der Waals surface area contributed by atoms with Gasteiger partial charge in [-0.25, -0.2) is 9.97 Å². The van der Waals surface area contributed by atoms with Crippen LogP contribution in [0.2, 0.25) is 5.02 Å². The second-order valence-electron chi connectivity index (χ2n) is 5.55. The smallest absolute Gasteiger partial charge is 0.266 e. The monoisotopic (exact) mass is 419 g/mol. The number of nitrogens with two attached hydrogens (primary N) is 2. The summed E-state index contributed by atoms with van der Waals surface area (Å²) in [6.45, 7) is 7.38. The van der Waals surface area contributed by atoms with Crippen LogP contribution in [0.25, 0.3) is 22.2 Å². The van der Waals surface area contributed by atoms with Gasteiger partial charge in [0.2, 0.25) is 0 Å². The Morgan fingerprint density at radius 2 is 2.00 bits per heavy atom. The number of fused-ring (bicyclic) bond motifs is 1. The van der Waals surface area contributed by atoms with Gasteiger partial charge in [-0.05, 0) is 43.1 Å². The zero-order chi connectivity index (χ0) is 20.8. The number of carbonyl (C=O) groups excluding carboxylic acids is 1. The van der Waals surface area contributed by atoms with E-state index >= 15 is 0 Å². The summed E-state index contributed by atoms with van der Waals surface area (Å²) in [5, 5.41) is 8.65. The molecule has 28 heavy (non-hydrogen) atoms. The number of halogens is 1. The number of aryl methyl sites for hydroxylation is 1. The van der Waals surface area contributed by atoms with E-state index in [1.54, 1.807) is 38.2 Å². The second-order valence-corrected chi connectivity index (χ2v) is 6.60. The molecule has 0 saturated heterocycles. The molecule has 0 radical (unpaired) electrons. The number of benzene rings is 1. The number of hydrogen-bond donors (Lipinski definition) is 3. The number of amides is 1. The summed E-state index contributed by atoms with van der Waals surface area (Å²) in [6, 6.07) is 7.03. The van der Waals surface area contributed by atoms with Crippen LogP contribution >= 0.6 is 23.5 Å². The predicted molar refractivity (Wildman–Crippen MR) is 116 cm³/mol. The Bertz CT molecular complexity index is 1010. The van der Waals surface area contributed by atoms with Crippen LogP contribution in [-0.4, -0.2) is 15.9 Å². The van der Waals surface area contributed by atoms with E-state index in [1.807, 2.05) is 19.9 Å². The van der Waals surface area contributed by atoms with E-state index in [-0.39, 0.29) is 4.91 Å². The van der Waals surface area contributed by atoms with Gasteiger partial charge in [0.05, 0.1) is 5.02 Å². The largest absolute Gasteiger partial charge is 0.441 e. The predicted octanol–water partition coefficient (Wildman–Crippen LogP) is 4.61. The van der Waals surface area contributed by atoms with E-state index in [9.17, 15) is 4.79 Å². The van der Waals surface area contributed by atoms with E-state index in [0.717, 1.165) is 23.1 Å². The maximum absolute atomic E-state index is 12.1. The molecule has 0 aliphatic carbocycles. The van der Waals surface area contributed by atoms with E-state index in [0.29, 0.717) is 33.5 Å². The molecule has 1 aromatic carbocycles. The number of allylic oxidation sites excluding steroid dienone is 1. The average Bonchev–Trinajstić information content (AvgIpc) is 3.02. The summed E-state index contributed by atoms with van der Waals surface area (Å²) in [4.78, 5) is 20.9. The summed E-state index contributed by atoms with van der Waals surface area (Å²) in [5.74, 6) is 0.537. The van der Waals surface area contributed by atoms with Crippen LogP contribution in [-0.2, 0) is 4.79 Å². The zero-order valence-corrected chi connectivity index (χ0v) is 17.6. The van der Waals surface area contributed by atoms with Gasteiger partial charge < -0.3 is 15.5 Å². The maximum atomic E-state index is 12.1. The highest BCUT2D eigenvalue weighted by atomic mass is 35.5. The van der Waals surface area contributed by atoms with Gasteiger partial charge in [0.25, 0.3) is 5.91 Å². The fourth-order valence-corrected chi connectivity index (χ4v) is 3.02. The molecule has 0 unspecified atom stereocenters. The number of hydrogen-bond acceptors (Lipinski definition) is 7. The Labute approximate surface area is 172 Å². The Morgan fingerprint density at radius 1 is 1.29 bits per heavy atom. The summed E-state index contributed by atoms with van der Waals surface area (Å²) in [6.07, 6.45) is 1.61. The summed E-state index contributed by atoms with van der Waals surface area (Å²) in [5.41, 5.74) is 8.86. The molecule has 0 atom stereocenters. The zero-order valence-electron chi connectivity index (χ0n) is 16.0. The van der Waals surface area contributed by atoms with E-state index in [2.05, 4.69) is 15.3 Å². The molecule has 3 rings (SSSR count). The van der Waals surface area contributed by atoms with Gasteiger partial charge >= 0.3 is 0 Å². The highest BCUT2D eigenvalue weighted by Crippen LogP contribution is 2.32. The van der Waals surface area contributed by atoms with E-state index in [1.165, 1.54) is 0 Å². The quantitative estimate of drug-likeness (QED) is 0.417. The third-order valence-electron chi connectivity index (χ3n) is 3.58. The highest BCUT2D eigenvalue weighted by Gasteiger charge is 2.13. The van der Waals surface area contributed by atoms with Crippen LogP contribution in [0.4, 0.5) is 5.82 Å². The van der Waals surface area contributed by atoms with Crippen molar-refractivity contribution in [3.63, 3.8) is 0 Å². The Hall–Kier alpha value is -2.55. The van der Waals surface area contributed by atoms with Crippen LogP contribution in [0.5, 0.6) is 0 Å². The van der Waals surface area contributed by atoms with Crippen molar-refractivity contribution in [1.82, 2.24) is 9.97 Å². The minimum atomic E-state index is -0.408. The molecule has 148 valence electrons. The normalized spacial score (nSPS) is 11.5. The number of oxazole rings is 1. The fourth-order valence-electron chi connectivity index (χ4n) is 2.41. The third kappa shape index (κ3) is 4.83. The van der Waals surface area contributed by atoms with Crippen LogP contribution in [0, 0.1) is 6.92 Å². The molecule has 0 bridgehead atoms. The Balaban J connectivity index is 0.00000136. The van der Waals surface area contributed by atoms with Crippen molar-refractivity contribution < 1.29 is 9.21 Å². The minimum Gasteiger partial charge on any atom is -0.441 e. The van der Waals surface area contributed by atoms with Gasteiger partial charge in [0.15, 0.2) is 11.5 Å². The lowest BCUT2D eigenvalue weighted by molar-refractivity contribution is -0.112. The lowest BCUT2D eigenvalue weighted by atomic mass is 10.1. The van der Waals surface area contributed by atoms with Crippen LogP contribution in [0.15, 0.2) is 45.5 Å². The molecule has 2 aromatic heterocycles. The van der Waals surface area contributed by atoms with Gasteiger partial charge in [-0.1, -0.05) is 25.4 Å². The molecule has 9 heteroatoms. The van der Waals surface area contributed by atoms with E-state index < -0.39 is 5.91 Å². The number of nitrogens with zero attached hydrogens (tertiary/aromatic N) is 2. The average molecular weight is 420 g/mol. The number of anilines is 1. The van der Waals surface area contributed by atoms with Crippen LogP contribution in [0.1, 0.15) is 26.7 Å². The number of aromatic nitrogens is 2. The first-order valence-corrected chi connectivity index (χ1v) is 9.82. The van der Waals surface area contributed by atoms with Crippen molar-refractivity contribution in [3.05, 3.63) is 52.0 Å². The van der Waals surface area contributed by atoms with E-state index in [4.69, 9.17) is 26.9 Å². The highest BCUT2D eigenvalue weighted by molar-refractivity contribution is 8.01. The first-order chi connectivity index (χ1) is 13.4. The lowest BCUT2D eigenvalue weighted by Crippen LogP contribution is -2.17. The summed E-state index contributed by atoms with van der Waals surface area (Å²) < 4.78 is 5.54. The third-order valence-corrected chi connectivity index (χ3v) is 4.64. The molecule has 7 nitrogen and oxygen atoms in total. The lowest BCUT2D eigenvalue weighted by Gasteiger charge is -2.09. The molecular formula is C19H22ClN5O2S. The van der Waals surface area contributed by atoms with Gasteiger partial charge in [-0.3, -0.25) is 9.93 Å². The summed E-state index contributed by atoms with van der Waals surface area (Å²) in [7, 11) is 0. The van der Waals surface area contributed by atoms with Crippen LogP contribution in [0.3, 0.4) is 0 Å². The van der Waals surface area contributed by atoms with Crippen molar-refractivity contribution >= 4 is 46.4 Å². The molecule has 0 aliphatic heterocycles. The summed E-state index contributed by atoms with van der Waals surface area (Å²) >= 11 is 7.14. The molecule has 0 fully saturated rings. The fraction of sp³-hybridized carbons (Fsp3) is 0.211. The molecular weight excluding hydrogens is 398 g/mol.